The van der Waals surface area contributed by atoms with Crippen LogP contribution < -0.4 is 9.47 Å². The average molecular weight is 382 g/mol. The number of morpholine rings is 1. The van der Waals surface area contributed by atoms with E-state index in [9.17, 15) is 4.79 Å². The second-order valence-electron chi connectivity index (χ2n) is 7.36. The van der Waals surface area contributed by atoms with Crippen LogP contribution in [0.4, 0.5) is 0 Å². The van der Waals surface area contributed by atoms with Gasteiger partial charge in [0.2, 0.25) is 0 Å². The molecule has 2 aromatic carbocycles. The fourth-order valence-electron chi connectivity index (χ4n) is 3.92. The summed E-state index contributed by atoms with van der Waals surface area (Å²) in [5, 5.41) is 0. The Morgan fingerprint density at radius 1 is 1.04 bits per heavy atom. The average Bonchev–Trinajstić information content (AvgIpc) is 2.73. The van der Waals surface area contributed by atoms with Crippen molar-refractivity contribution < 1.29 is 19.0 Å². The topological polar surface area (TPSA) is 51.2 Å². The van der Waals surface area contributed by atoms with Crippen molar-refractivity contribution in [2.45, 2.75) is 12.1 Å². The maximum atomic E-state index is 13.6. The third kappa shape index (κ3) is 3.70. The van der Waals surface area contributed by atoms with E-state index in [4.69, 9.17) is 14.2 Å². The van der Waals surface area contributed by atoms with E-state index < -0.39 is 0 Å². The normalized spacial score (nSPS) is 21.6. The third-order valence-electron chi connectivity index (χ3n) is 5.10. The van der Waals surface area contributed by atoms with Crippen LogP contribution in [0, 0.1) is 0 Å². The SMILES string of the molecule is CN(C)C[C@@H]1OCCN(C(=O)c2cccc3c2OCCO3)[C@H]1c1ccccc1. The summed E-state index contributed by atoms with van der Waals surface area (Å²) in [5.74, 6) is 1.12. The fraction of sp³-hybridized carbons (Fsp3) is 0.409. The largest absolute Gasteiger partial charge is 0.486 e. The van der Waals surface area contributed by atoms with Crippen LogP contribution in [0.25, 0.3) is 0 Å². The van der Waals surface area contributed by atoms with E-state index in [2.05, 4.69) is 17.0 Å². The van der Waals surface area contributed by atoms with Crippen LogP contribution in [0.1, 0.15) is 22.0 Å². The summed E-state index contributed by atoms with van der Waals surface area (Å²) < 4.78 is 17.5. The van der Waals surface area contributed by atoms with E-state index in [1.165, 1.54) is 0 Å². The molecule has 0 aromatic heterocycles. The predicted octanol–water partition coefficient (Wildman–Crippen LogP) is 2.60. The summed E-state index contributed by atoms with van der Waals surface area (Å²) in [6.07, 6.45) is -0.105. The summed E-state index contributed by atoms with van der Waals surface area (Å²) in [5.41, 5.74) is 1.62. The van der Waals surface area contributed by atoms with E-state index >= 15 is 0 Å². The Hall–Kier alpha value is -2.57. The molecule has 1 saturated heterocycles. The molecular formula is C22H26N2O4. The summed E-state index contributed by atoms with van der Waals surface area (Å²) >= 11 is 0. The van der Waals surface area contributed by atoms with E-state index in [1.807, 2.05) is 55.4 Å². The summed E-state index contributed by atoms with van der Waals surface area (Å²) in [7, 11) is 4.04. The molecule has 0 aliphatic carbocycles. The molecule has 0 N–H and O–H groups in total. The summed E-state index contributed by atoms with van der Waals surface area (Å²) in [6, 6.07) is 15.4. The molecular weight excluding hydrogens is 356 g/mol. The van der Waals surface area contributed by atoms with Crippen LogP contribution in [-0.4, -0.2) is 68.8 Å². The molecule has 6 heteroatoms. The molecule has 1 fully saturated rings. The zero-order valence-electron chi connectivity index (χ0n) is 16.3. The molecule has 2 aliphatic rings. The molecule has 2 atom stereocenters. The van der Waals surface area contributed by atoms with Gasteiger partial charge >= 0.3 is 0 Å². The number of nitrogens with zero attached hydrogens (tertiary/aromatic N) is 2. The quantitative estimate of drug-likeness (QED) is 0.814. The molecule has 148 valence electrons. The molecule has 0 spiro atoms. The van der Waals surface area contributed by atoms with Gasteiger partial charge in [-0.2, -0.15) is 0 Å². The van der Waals surface area contributed by atoms with Crippen LogP contribution in [0.3, 0.4) is 0 Å². The second kappa shape index (κ2) is 8.20. The molecule has 0 unspecified atom stereocenters. The highest BCUT2D eigenvalue weighted by atomic mass is 16.6. The minimum Gasteiger partial charge on any atom is -0.486 e. The molecule has 6 nitrogen and oxygen atoms in total. The molecule has 2 heterocycles. The Bertz CT molecular complexity index is 825. The van der Waals surface area contributed by atoms with Gasteiger partial charge in [-0.3, -0.25) is 4.79 Å². The van der Waals surface area contributed by atoms with E-state index in [1.54, 1.807) is 0 Å². The Kier molecular flexibility index (Phi) is 5.50. The molecule has 0 bridgehead atoms. The van der Waals surface area contributed by atoms with Crippen molar-refractivity contribution in [1.29, 1.82) is 0 Å². The first-order valence-corrected chi connectivity index (χ1v) is 9.66. The number of fused-ring (bicyclic) bond motifs is 1. The van der Waals surface area contributed by atoms with Crippen molar-refractivity contribution in [2.75, 3.05) is 47.0 Å². The number of carbonyl (C=O) groups is 1. The highest BCUT2D eigenvalue weighted by Gasteiger charge is 2.38. The number of likely N-dealkylation sites (N-methyl/N-ethyl adjacent to an activating group) is 1. The van der Waals surface area contributed by atoms with Crippen LogP contribution in [0.2, 0.25) is 0 Å². The van der Waals surface area contributed by atoms with Crippen molar-refractivity contribution >= 4 is 5.91 Å². The lowest BCUT2D eigenvalue weighted by Gasteiger charge is -2.42. The number of para-hydroxylation sites is 1. The number of ether oxygens (including phenoxy) is 3. The van der Waals surface area contributed by atoms with Gasteiger partial charge in [-0.1, -0.05) is 36.4 Å². The minimum absolute atomic E-state index is 0.0525. The number of carbonyl (C=O) groups excluding carboxylic acids is 1. The van der Waals surface area contributed by atoms with Gasteiger partial charge in [0.15, 0.2) is 11.5 Å². The maximum absolute atomic E-state index is 13.6. The monoisotopic (exact) mass is 382 g/mol. The first kappa shape index (κ1) is 18.8. The van der Waals surface area contributed by atoms with E-state index in [0.29, 0.717) is 43.4 Å². The molecule has 4 rings (SSSR count). The standard InChI is InChI=1S/C22H26N2O4/c1-23(2)15-19-20(16-7-4-3-5-8-16)24(11-12-26-19)22(25)17-9-6-10-18-21(17)28-14-13-27-18/h3-10,19-20H,11-15H2,1-2H3/t19-,20-/m0/s1. The fourth-order valence-corrected chi connectivity index (χ4v) is 3.92. The predicted molar refractivity (Wildman–Crippen MR) is 106 cm³/mol. The molecule has 2 aromatic rings. The van der Waals surface area contributed by atoms with Crippen molar-refractivity contribution in [2.24, 2.45) is 0 Å². The van der Waals surface area contributed by atoms with Crippen LogP contribution in [-0.2, 0) is 4.74 Å². The van der Waals surface area contributed by atoms with Crippen LogP contribution >= 0.6 is 0 Å². The van der Waals surface area contributed by atoms with Crippen molar-refractivity contribution in [1.82, 2.24) is 9.80 Å². The first-order valence-electron chi connectivity index (χ1n) is 9.66. The molecule has 0 radical (unpaired) electrons. The van der Waals surface area contributed by atoms with Crippen LogP contribution in [0.15, 0.2) is 48.5 Å². The summed E-state index contributed by atoms with van der Waals surface area (Å²) in [4.78, 5) is 17.6. The lowest BCUT2D eigenvalue weighted by Crippen LogP contribution is -2.51. The highest BCUT2D eigenvalue weighted by Crippen LogP contribution is 2.37. The number of hydrogen-bond acceptors (Lipinski definition) is 5. The van der Waals surface area contributed by atoms with Gasteiger partial charge in [0.25, 0.3) is 5.91 Å². The third-order valence-corrected chi connectivity index (χ3v) is 5.10. The van der Waals surface area contributed by atoms with Gasteiger partial charge in [0, 0.05) is 13.1 Å². The molecule has 28 heavy (non-hydrogen) atoms. The van der Waals surface area contributed by atoms with Gasteiger partial charge < -0.3 is 24.0 Å². The molecule has 2 aliphatic heterocycles. The number of benzene rings is 2. The lowest BCUT2D eigenvalue weighted by atomic mass is 9.96. The zero-order valence-corrected chi connectivity index (χ0v) is 16.3. The number of rotatable bonds is 4. The second-order valence-corrected chi connectivity index (χ2v) is 7.36. The summed E-state index contributed by atoms with van der Waals surface area (Å²) in [6.45, 7) is 2.73. The molecule has 1 amide bonds. The van der Waals surface area contributed by atoms with Gasteiger partial charge in [-0.25, -0.2) is 0 Å². The Morgan fingerprint density at radius 3 is 2.61 bits per heavy atom. The smallest absolute Gasteiger partial charge is 0.258 e. The Morgan fingerprint density at radius 2 is 1.82 bits per heavy atom. The Balaban J connectivity index is 1.71. The highest BCUT2D eigenvalue weighted by molar-refractivity contribution is 5.98. The molecule has 0 saturated carbocycles. The van der Waals surface area contributed by atoms with Crippen molar-refractivity contribution in [3.05, 3.63) is 59.7 Å². The van der Waals surface area contributed by atoms with E-state index in [-0.39, 0.29) is 18.1 Å². The van der Waals surface area contributed by atoms with Crippen LogP contribution in [0.5, 0.6) is 11.5 Å². The van der Waals surface area contributed by atoms with Gasteiger partial charge in [0.05, 0.1) is 24.3 Å². The maximum Gasteiger partial charge on any atom is 0.258 e. The Labute approximate surface area is 165 Å². The van der Waals surface area contributed by atoms with Gasteiger partial charge in [-0.15, -0.1) is 0 Å². The number of amides is 1. The van der Waals surface area contributed by atoms with Gasteiger partial charge in [-0.05, 0) is 31.8 Å². The van der Waals surface area contributed by atoms with Gasteiger partial charge in [0.1, 0.15) is 13.2 Å². The minimum atomic E-state index is -0.162. The lowest BCUT2D eigenvalue weighted by molar-refractivity contribution is -0.0685. The van der Waals surface area contributed by atoms with Crippen molar-refractivity contribution in [3.63, 3.8) is 0 Å². The number of hydrogen-bond donors (Lipinski definition) is 0. The first-order chi connectivity index (χ1) is 13.6. The van der Waals surface area contributed by atoms with Crippen molar-refractivity contribution in [3.8, 4) is 11.5 Å². The zero-order chi connectivity index (χ0) is 19.5. The van der Waals surface area contributed by atoms with E-state index in [0.717, 1.165) is 12.1 Å².